The molecule has 0 aliphatic carbocycles. The van der Waals surface area contributed by atoms with Crippen molar-refractivity contribution in [2.24, 2.45) is 0 Å². The maximum Gasteiger partial charge on any atom is 0.453 e. The van der Waals surface area contributed by atoms with Crippen LogP contribution in [0.1, 0.15) is 11.5 Å². The van der Waals surface area contributed by atoms with E-state index in [1.165, 1.54) is 0 Å². The molecule has 0 saturated carbocycles. The first-order valence-corrected chi connectivity index (χ1v) is 6.33. The van der Waals surface area contributed by atoms with Crippen LogP contribution in [-0.2, 0) is 12.7 Å². The van der Waals surface area contributed by atoms with Crippen molar-refractivity contribution in [1.29, 1.82) is 0 Å². The second-order valence-corrected chi connectivity index (χ2v) is 4.52. The van der Waals surface area contributed by atoms with Crippen molar-refractivity contribution in [2.75, 3.05) is 11.9 Å². The molecule has 3 heterocycles. The zero-order valence-electron chi connectivity index (χ0n) is 11.4. The molecule has 0 saturated heterocycles. The van der Waals surface area contributed by atoms with Crippen molar-refractivity contribution >= 4 is 11.6 Å². The molecule has 0 radical (unpaired) electrons. The summed E-state index contributed by atoms with van der Waals surface area (Å²) >= 11 is 0. The van der Waals surface area contributed by atoms with E-state index in [1.807, 2.05) is 0 Å². The third-order valence-electron chi connectivity index (χ3n) is 2.81. The summed E-state index contributed by atoms with van der Waals surface area (Å²) in [6.07, 6.45) is -1.38. The zero-order chi connectivity index (χ0) is 15.7. The highest BCUT2D eigenvalue weighted by molar-refractivity contribution is 5.45. The topological polar surface area (TPSA) is 85.8 Å². The highest BCUT2D eigenvalue weighted by Gasteiger charge is 2.36. The second-order valence-electron chi connectivity index (χ2n) is 4.52. The fourth-order valence-corrected chi connectivity index (χ4v) is 1.88. The fraction of sp³-hybridized carbons (Fsp3) is 0.364. The van der Waals surface area contributed by atoms with Gasteiger partial charge in [0.1, 0.15) is 5.82 Å². The van der Waals surface area contributed by atoms with Crippen molar-refractivity contribution in [3.63, 3.8) is 0 Å². The number of halogens is 3. The molecule has 116 valence electrons. The Labute approximate surface area is 122 Å². The van der Waals surface area contributed by atoms with E-state index >= 15 is 0 Å². The van der Waals surface area contributed by atoms with Gasteiger partial charge in [-0.3, -0.25) is 4.68 Å². The Hall–Kier alpha value is -2.72. The van der Waals surface area contributed by atoms with Gasteiger partial charge in [-0.1, -0.05) is 5.21 Å². The summed E-state index contributed by atoms with van der Waals surface area (Å²) < 4.78 is 40.7. The number of nitrogens with zero attached hydrogens (tertiary/aromatic N) is 7. The number of aryl methyl sites for hydroxylation is 1. The van der Waals surface area contributed by atoms with Gasteiger partial charge in [0.2, 0.25) is 0 Å². The van der Waals surface area contributed by atoms with Gasteiger partial charge >= 0.3 is 6.18 Å². The molecule has 0 aliphatic heterocycles. The van der Waals surface area contributed by atoms with Crippen LogP contribution in [0.4, 0.5) is 19.0 Å². The molecule has 0 fully saturated rings. The molecule has 8 nitrogen and oxygen atoms in total. The minimum absolute atomic E-state index is 0.101. The number of fused-ring (bicyclic) bond motifs is 1. The molecule has 0 spiro atoms. The van der Waals surface area contributed by atoms with E-state index in [0.717, 1.165) is 4.52 Å². The van der Waals surface area contributed by atoms with Crippen molar-refractivity contribution in [3.05, 3.63) is 30.0 Å². The Morgan fingerprint density at radius 2 is 2.09 bits per heavy atom. The van der Waals surface area contributed by atoms with Crippen molar-refractivity contribution in [3.8, 4) is 0 Å². The molecule has 3 aromatic rings. The van der Waals surface area contributed by atoms with Gasteiger partial charge in [-0.25, -0.2) is 4.98 Å². The lowest BCUT2D eigenvalue weighted by molar-refractivity contribution is -0.144. The lowest BCUT2D eigenvalue weighted by Crippen LogP contribution is -2.14. The summed E-state index contributed by atoms with van der Waals surface area (Å²) in [7, 11) is 0. The quantitative estimate of drug-likeness (QED) is 0.778. The van der Waals surface area contributed by atoms with Crippen LogP contribution in [0.25, 0.3) is 5.78 Å². The number of rotatable bonds is 4. The number of anilines is 1. The molecule has 0 unspecified atom stereocenters. The van der Waals surface area contributed by atoms with Gasteiger partial charge in [0.25, 0.3) is 11.6 Å². The van der Waals surface area contributed by atoms with Gasteiger partial charge in [0.15, 0.2) is 0 Å². The summed E-state index contributed by atoms with van der Waals surface area (Å²) in [5.74, 6) is -0.939. The largest absolute Gasteiger partial charge is 0.453 e. The Bertz CT molecular complexity index is 777. The minimum atomic E-state index is -4.61. The Morgan fingerprint density at radius 1 is 1.27 bits per heavy atom. The first-order chi connectivity index (χ1) is 10.4. The molecule has 0 aliphatic rings. The van der Waals surface area contributed by atoms with E-state index in [4.69, 9.17) is 0 Å². The summed E-state index contributed by atoms with van der Waals surface area (Å²) in [5, 5.41) is 13.9. The van der Waals surface area contributed by atoms with Crippen molar-refractivity contribution in [1.82, 2.24) is 34.6 Å². The molecule has 0 bridgehead atoms. The summed E-state index contributed by atoms with van der Waals surface area (Å²) in [5.41, 5.74) is 0.539. The normalized spacial score (nSPS) is 12.0. The highest BCUT2D eigenvalue weighted by Crippen LogP contribution is 2.27. The molecule has 11 heteroatoms. The van der Waals surface area contributed by atoms with E-state index in [9.17, 15) is 13.2 Å². The molecule has 3 rings (SSSR count). The maximum atomic E-state index is 12.7. The van der Waals surface area contributed by atoms with Gasteiger partial charge in [-0.15, -0.1) is 10.2 Å². The highest BCUT2D eigenvalue weighted by atomic mass is 19.4. The van der Waals surface area contributed by atoms with Crippen LogP contribution in [0.5, 0.6) is 0 Å². The van der Waals surface area contributed by atoms with Crippen LogP contribution in [0, 0.1) is 6.92 Å². The van der Waals surface area contributed by atoms with Gasteiger partial charge in [0.05, 0.1) is 12.7 Å². The second kappa shape index (κ2) is 5.24. The number of aromatic nitrogens is 7. The molecular formula is C11H11F3N8. The van der Waals surface area contributed by atoms with E-state index in [1.54, 1.807) is 30.1 Å². The smallest absolute Gasteiger partial charge is 0.368 e. The summed E-state index contributed by atoms with van der Waals surface area (Å²) in [6.45, 7) is 2.61. The maximum absolute atomic E-state index is 12.7. The van der Waals surface area contributed by atoms with Gasteiger partial charge < -0.3 is 5.32 Å². The van der Waals surface area contributed by atoms with Crippen LogP contribution in [0.2, 0.25) is 0 Å². The number of hydrogen-bond donors (Lipinski definition) is 1. The Morgan fingerprint density at radius 3 is 2.77 bits per heavy atom. The lowest BCUT2D eigenvalue weighted by Gasteiger charge is -2.08. The minimum Gasteiger partial charge on any atom is -0.368 e. The molecule has 0 aromatic carbocycles. The van der Waals surface area contributed by atoms with Gasteiger partial charge in [-0.2, -0.15) is 22.7 Å². The predicted octanol–water partition coefficient (Wildman–Crippen LogP) is 1.16. The van der Waals surface area contributed by atoms with Crippen LogP contribution < -0.4 is 5.32 Å². The molecule has 0 amide bonds. The predicted molar refractivity (Wildman–Crippen MR) is 69.0 cm³/mol. The molecule has 22 heavy (non-hydrogen) atoms. The SMILES string of the molecule is Cc1cc(NCCn2ccnn2)n2nc(C(F)(F)F)nc2n1. The van der Waals surface area contributed by atoms with E-state index in [-0.39, 0.29) is 5.78 Å². The summed E-state index contributed by atoms with van der Waals surface area (Å²) in [6, 6.07) is 1.60. The van der Waals surface area contributed by atoms with Crippen LogP contribution in [-0.4, -0.2) is 41.1 Å². The monoisotopic (exact) mass is 312 g/mol. The van der Waals surface area contributed by atoms with Crippen LogP contribution in [0.3, 0.4) is 0 Å². The van der Waals surface area contributed by atoms with Gasteiger partial charge in [-0.05, 0) is 6.92 Å². The van der Waals surface area contributed by atoms with Crippen LogP contribution in [0.15, 0.2) is 18.5 Å². The number of alkyl halides is 3. The zero-order valence-corrected chi connectivity index (χ0v) is 11.4. The lowest BCUT2D eigenvalue weighted by atomic mass is 10.4. The number of hydrogen-bond acceptors (Lipinski definition) is 6. The van der Waals surface area contributed by atoms with E-state index < -0.39 is 12.0 Å². The fourth-order valence-electron chi connectivity index (χ4n) is 1.88. The van der Waals surface area contributed by atoms with E-state index in [0.29, 0.717) is 24.6 Å². The molecule has 1 N–H and O–H groups in total. The molecule has 0 atom stereocenters. The van der Waals surface area contributed by atoms with E-state index in [2.05, 4.69) is 30.7 Å². The summed E-state index contributed by atoms with van der Waals surface area (Å²) in [4.78, 5) is 7.36. The Balaban J connectivity index is 1.86. The third kappa shape index (κ3) is 2.82. The number of nitrogens with one attached hydrogen (secondary N) is 1. The molecular weight excluding hydrogens is 301 g/mol. The van der Waals surface area contributed by atoms with Crippen LogP contribution >= 0.6 is 0 Å². The standard InChI is InChI=1S/C11H11F3N8/c1-7-6-8(15-2-4-21-5-3-16-20-21)22-10(17-7)18-9(19-22)11(12,13)14/h3,5-6,15H,2,4H2,1H3. The van der Waals surface area contributed by atoms with Crippen molar-refractivity contribution in [2.45, 2.75) is 19.6 Å². The average molecular weight is 312 g/mol. The first-order valence-electron chi connectivity index (χ1n) is 6.33. The average Bonchev–Trinajstić information content (AvgIpc) is 3.06. The Kier molecular flexibility index (Phi) is 3.39. The molecule has 3 aromatic heterocycles. The third-order valence-corrected chi connectivity index (χ3v) is 2.81. The first kappa shape index (κ1) is 14.2. The van der Waals surface area contributed by atoms with Gasteiger partial charge in [0, 0.05) is 24.5 Å². The van der Waals surface area contributed by atoms with Crippen molar-refractivity contribution < 1.29 is 13.2 Å².